The third kappa shape index (κ3) is 3.46. The van der Waals surface area contributed by atoms with Gasteiger partial charge in [-0.3, -0.25) is 0 Å². The van der Waals surface area contributed by atoms with Crippen molar-refractivity contribution in [2.24, 2.45) is 0 Å². The number of rotatable bonds is 5. The molecule has 2 aromatic carbocycles. The molecule has 0 spiro atoms. The number of hydrogen-bond donors (Lipinski definition) is 1. The first-order chi connectivity index (χ1) is 14.2. The quantitative estimate of drug-likeness (QED) is 0.722. The minimum Gasteiger partial charge on any atom is -0.492 e. The van der Waals surface area contributed by atoms with Crippen LogP contribution in [0.3, 0.4) is 0 Å². The summed E-state index contributed by atoms with van der Waals surface area (Å²) < 4.78 is 6.78. The standard InChI is InChI=1S/C24H26N2O3/c27-23-21(29-24(28)26(23)13-10-17-6-2-1-3-7-17)16-18-14-19-8-4-11-25-12-5-9-20(15-18)22(19)25/h1-3,6-7,14-15,27H,4-5,8-13,16H2. The van der Waals surface area contributed by atoms with E-state index in [2.05, 4.69) is 17.0 Å². The molecule has 5 nitrogen and oxygen atoms in total. The Morgan fingerprint density at radius 2 is 1.66 bits per heavy atom. The van der Waals surface area contributed by atoms with Crippen LogP contribution in [0, 0.1) is 0 Å². The van der Waals surface area contributed by atoms with Gasteiger partial charge in [-0.05, 0) is 54.4 Å². The molecule has 0 radical (unpaired) electrons. The molecular weight excluding hydrogens is 364 g/mol. The maximum absolute atomic E-state index is 12.3. The molecule has 5 heteroatoms. The van der Waals surface area contributed by atoms with Gasteiger partial charge in [-0.15, -0.1) is 0 Å². The zero-order valence-corrected chi connectivity index (χ0v) is 16.6. The highest BCUT2D eigenvalue weighted by atomic mass is 16.4. The molecule has 3 heterocycles. The Bertz CT molecular complexity index is 1050. The van der Waals surface area contributed by atoms with Crippen molar-refractivity contribution in [3.63, 3.8) is 0 Å². The van der Waals surface area contributed by atoms with Gasteiger partial charge in [0.1, 0.15) is 0 Å². The average Bonchev–Trinajstić information content (AvgIpc) is 3.00. The normalized spacial score (nSPS) is 15.4. The second-order valence-electron chi connectivity index (χ2n) is 8.14. The molecule has 29 heavy (non-hydrogen) atoms. The van der Waals surface area contributed by atoms with E-state index in [1.54, 1.807) is 0 Å². The summed E-state index contributed by atoms with van der Waals surface area (Å²) in [6.07, 6.45) is 5.69. The van der Waals surface area contributed by atoms with Crippen molar-refractivity contribution in [1.82, 2.24) is 4.57 Å². The summed E-state index contributed by atoms with van der Waals surface area (Å²) >= 11 is 0. The van der Waals surface area contributed by atoms with Crippen molar-refractivity contribution >= 4 is 5.69 Å². The molecule has 3 aromatic rings. The van der Waals surface area contributed by atoms with Crippen LogP contribution in [0.15, 0.2) is 51.7 Å². The van der Waals surface area contributed by atoms with Gasteiger partial charge in [0.05, 0.1) is 0 Å². The molecule has 0 atom stereocenters. The largest absolute Gasteiger partial charge is 0.492 e. The van der Waals surface area contributed by atoms with Crippen LogP contribution in [0.4, 0.5) is 5.69 Å². The van der Waals surface area contributed by atoms with E-state index in [4.69, 9.17) is 4.42 Å². The molecule has 0 unspecified atom stereocenters. The van der Waals surface area contributed by atoms with Gasteiger partial charge >= 0.3 is 5.76 Å². The summed E-state index contributed by atoms with van der Waals surface area (Å²) in [5.74, 6) is -0.170. The zero-order valence-electron chi connectivity index (χ0n) is 16.6. The molecule has 2 aliphatic heterocycles. The van der Waals surface area contributed by atoms with E-state index in [0.717, 1.165) is 37.1 Å². The molecular formula is C24H26N2O3. The predicted molar refractivity (Wildman–Crippen MR) is 113 cm³/mol. The maximum atomic E-state index is 12.3. The molecule has 0 aliphatic carbocycles. The van der Waals surface area contributed by atoms with Crippen LogP contribution in [0.2, 0.25) is 0 Å². The van der Waals surface area contributed by atoms with Crippen LogP contribution in [0.1, 0.15) is 40.9 Å². The second-order valence-corrected chi connectivity index (χ2v) is 8.14. The Hall–Kier alpha value is -2.95. The molecule has 1 N–H and O–H groups in total. The van der Waals surface area contributed by atoms with E-state index in [1.807, 2.05) is 30.3 Å². The lowest BCUT2D eigenvalue weighted by Gasteiger charge is -2.37. The van der Waals surface area contributed by atoms with Crippen molar-refractivity contribution in [2.75, 3.05) is 18.0 Å². The lowest BCUT2D eigenvalue weighted by Crippen LogP contribution is -2.34. The Morgan fingerprint density at radius 1 is 0.966 bits per heavy atom. The monoisotopic (exact) mass is 390 g/mol. The summed E-state index contributed by atoms with van der Waals surface area (Å²) in [5.41, 5.74) is 6.46. The summed E-state index contributed by atoms with van der Waals surface area (Å²) in [6, 6.07) is 14.4. The average molecular weight is 390 g/mol. The number of nitrogens with zero attached hydrogens (tertiary/aromatic N) is 2. The fraction of sp³-hybridized carbons (Fsp3) is 0.375. The third-order valence-electron chi connectivity index (χ3n) is 6.16. The van der Waals surface area contributed by atoms with E-state index in [1.165, 1.54) is 34.2 Å². The first-order valence-electron chi connectivity index (χ1n) is 10.5. The van der Waals surface area contributed by atoms with Crippen LogP contribution in [0.5, 0.6) is 5.88 Å². The highest BCUT2D eigenvalue weighted by Crippen LogP contribution is 2.36. The summed E-state index contributed by atoms with van der Waals surface area (Å²) in [4.78, 5) is 14.8. The zero-order chi connectivity index (χ0) is 19.8. The Labute approximate surface area is 170 Å². The van der Waals surface area contributed by atoms with Crippen molar-refractivity contribution in [3.05, 3.63) is 81.0 Å². The molecule has 150 valence electrons. The van der Waals surface area contributed by atoms with E-state index < -0.39 is 5.76 Å². The summed E-state index contributed by atoms with van der Waals surface area (Å²) in [6.45, 7) is 2.71. The highest BCUT2D eigenvalue weighted by molar-refractivity contribution is 5.64. The molecule has 0 bridgehead atoms. The van der Waals surface area contributed by atoms with Crippen LogP contribution < -0.4 is 10.7 Å². The Balaban J connectivity index is 1.39. The molecule has 0 fully saturated rings. The molecule has 0 saturated carbocycles. The van der Waals surface area contributed by atoms with Gasteiger partial charge in [0, 0.05) is 31.7 Å². The number of hydrogen-bond acceptors (Lipinski definition) is 4. The Kier molecular flexibility index (Phi) is 4.66. The van der Waals surface area contributed by atoms with E-state index in [9.17, 15) is 9.90 Å². The molecule has 2 aliphatic rings. The van der Waals surface area contributed by atoms with Gasteiger partial charge < -0.3 is 14.4 Å². The number of aryl methyl sites for hydroxylation is 3. The van der Waals surface area contributed by atoms with Crippen LogP contribution in [-0.4, -0.2) is 22.8 Å². The van der Waals surface area contributed by atoms with Crippen molar-refractivity contribution < 1.29 is 9.52 Å². The Morgan fingerprint density at radius 3 is 2.34 bits per heavy atom. The molecule has 0 amide bonds. The number of oxazole rings is 1. The summed E-state index contributed by atoms with van der Waals surface area (Å²) in [7, 11) is 0. The number of benzene rings is 2. The number of anilines is 1. The van der Waals surface area contributed by atoms with Crippen LogP contribution in [-0.2, 0) is 32.2 Å². The number of aromatic nitrogens is 1. The first kappa shape index (κ1) is 18.1. The molecule has 5 rings (SSSR count). The van der Waals surface area contributed by atoms with Gasteiger partial charge in [-0.1, -0.05) is 42.5 Å². The van der Waals surface area contributed by atoms with E-state index in [-0.39, 0.29) is 5.88 Å². The van der Waals surface area contributed by atoms with Crippen molar-refractivity contribution in [2.45, 2.75) is 45.1 Å². The lowest BCUT2D eigenvalue weighted by atomic mass is 9.89. The minimum absolute atomic E-state index is 0.0427. The minimum atomic E-state index is -0.487. The SMILES string of the molecule is O=c1oc(Cc2cc3c4c(c2)CCCN4CCC3)c(O)n1CCc1ccccc1. The van der Waals surface area contributed by atoms with Gasteiger partial charge in [-0.25, -0.2) is 9.36 Å². The van der Waals surface area contributed by atoms with E-state index >= 15 is 0 Å². The van der Waals surface area contributed by atoms with Crippen LogP contribution >= 0.6 is 0 Å². The molecule has 0 saturated heterocycles. The van der Waals surface area contributed by atoms with Crippen molar-refractivity contribution in [1.29, 1.82) is 0 Å². The first-order valence-corrected chi connectivity index (χ1v) is 10.5. The smallest absolute Gasteiger partial charge is 0.422 e. The van der Waals surface area contributed by atoms with Crippen molar-refractivity contribution in [3.8, 4) is 5.88 Å². The summed E-state index contributed by atoms with van der Waals surface area (Å²) in [5, 5.41) is 10.6. The molecule has 1 aromatic heterocycles. The van der Waals surface area contributed by atoms with Gasteiger partial charge in [0.25, 0.3) is 0 Å². The maximum Gasteiger partial charge on any atom is 0.422 e. The number of aromatic hydroxyl groups is 1. The van der Waals surface area contributed by atoms with E-state index in [0.29, 0.717) is 25.1 Å². The van der Waals surface area contributed by atoms with Gasteiger partial charge in [0.2, 0.25) is 5.88 Å². The predicted octanol–water partition coefficient (Wildman–Crippen LogP) is 3.68. The topological polar surface area (TPSA) is 58.6 Å². The van der Waals surface area contributed by atoms with Gasteiger partial charge in [0.15, 0.2) is 5.76 Å². The fourth-order valence-corrected chi connectivity index (χ4v) is 4.80. The highest BCUT2D eigenvalue weighted by Gasteiger charge is 2.25. The van der Waals surface area contributed by atoms with Crippen LogP contribution in [0.25, 0.3) is 0 Å². The van der Waals surface area contributed by atoms with Gasteiger partial charge in [-0.2, -0.15) is 0 Å². The third-order valence-corrected chi connectivity index (χ3v) is 6.16. The second kappa shape index (κ2) is 7.47. The lowest BCUT2D eigenvalue weighted by molar-refractivity contribution is 0.408. The fourth-order valence-electron chi connectivity index (χ4n) is 4.80.